The molecule has 2 nitrogen and oxygen atoms in total. The van der Waals surface area contributed by atoms with Gasteiger partial charge in [0.05, 0.1) is 0 Å². The molecular formula is C14H22Cl2N2. The highest BCUT2D eigenvalue weighted by atomic mass is 35.5. The lowest BCUT2D eigenvalue weighted by molar-refractivity contribution is 0.387. The summed E-state index contributed by atoms with van der Waals surface area (Å²) in [5, 5.41) is 8.27. The van der Waals surface area contributed by atoms with Crippen LogP contribution in [0.4, 0.5) is 0 Å². The number of hydrogen-bond donors (Lipinski definition) is 2. The van der Waals surface area contributed by atoms with Gasteiger partial charge in [0.2, 0.25) is 0 Å². The molecule has 1 aromatic carbocycles. The highest BCUT2D eigenvalue weighted by Crippen LogP contribution is 2.18. The Morgan fingerprint density at radius 1 is 1.11 bits per heavy atom. The molecule has 0 radical (unpaired) electrons. The first-order chi connectivity index (χ1) is 8.26. The maximum absolute atomic E-state index is 5.96. The number of rotatable bonds is 5. The van der Waals surface area contributed by atoms with Crippen molar-refractivity contribution in [3.8, 4) is 0 Å². The van der Waals surface area contributed by atoms with Crippen LogP contribution in [0.25, 0.3) is 0 Å². The molecule has 0 fully saturated rings. The minimum absolute atomic E-state index is 0.148. The monoisotopic (exact) mass is 288 g/mol. The lowest BCUT2D eigenvalue weighted by Gasteiger charge is -2.24. The van der Waals surface area contributed by atoms with Gasteiger partial charge in [-0.05, 0) is 51.5 Å². The van der Waals surface area contributed by atoms with E-state index in [1.165, 1.54) is 0 Å². The quantitative estimate of drug-likeness (QED) is 0.860. The SMILES string of the molecule is CC(CNC(C)(C)C)NCc1cc(Cl)cc(Cl)c1. The van der Waals surface area contributed by atoms with Gasteiger partial charge in [0.15, 0.2) is 0 Å². The molecule has 0 amide bonds. The summed E-state index contributed by atoms with van der Waals surface area (Å²) in [6.45, 7) is 10.3. The van der Waals surface area contributed by atoms with Crippen molar-refractivity contribution < 1.29 is 0 Å². The molecule has 0 spiro atoms. The third-order valence-corrected chi connectivity index (χ3v) is 2.95. The van der Waals surface area contributed by atoms with Gasteiger partial charge in [0.25, 0.3) is 0 Å². The molecule has 1 aromatic rings. The van der Waals surface area contributed by atoms with Crippen molar-refractivity contribution in [3.05, 3.63) is 33.8 Å². The Bertz CT molecular complexity index is 366. The fourth-order valence-corrected chi connectivity index (χ4v) is 2.11. The van der Waals surface area contributed by atoms with E-state index in [-0.39, 0.29) is 5.54 Å². The van der Waals surface area contributed by atoms with Gasteiger partial charge in [0.1, 0.15) is 0 Å². The third kappa shape index (κ3) is 6.60. The first-order valence-corrected chi connectivity index (χ1v) is 6.95. The van der Waals surface area contributed by atoms with Gasteiger partial charge in [-0.25, -0.2) is 0 Å². The van der Waals surface area contributed by atoms with Gasteiger partial charge in [-0.3, -0.25) is 0 Å². The average molecular weight is 289 g/mol. The average Bonchev–Trinajstić information content (AvgIpc) is 2.21. The second-order valence-corrected chi connectivity index (χ2v) is 6.56. The minimum Gasteiger partial charge on any atom is -0.311 e. The number of halogens is 2. The zero-order valence-electron chi connectivity index (χ0n) is 11.5. The predicted octanol–water partition coefficient (Wildman–Crippen LogP) is 3.86. The molecule has 102 valence electrons. The van der Waals surface area contributed by atoms with Crippen molar-refractivity contribution in [2.45, 2.75) is 45.8 Å². The Hall–Kier alpha value is -0.280. The van der Waals surface area contributed by atoms with E-state index < -0.39 is 0 Å². The van der Waals surface area contributed by atoms with Gasteiger partial charge in [-0.2, -0.15) is 0 Å². The maximum atomic E-state index is 5.96. The van der Waals surface area contributed by atoms with Crippen LogP contribution in [0.15, 0.2) is 18.2 Å². The van der Waals surface area contributed by atoms with Crippen molar-refractivity contribution in [1.82, 2.24) is 10.6 Å². The summed E-state index contributed by atoms with van der Waals surface area (Å²) in [5.41, 5.74) is 1.25. The number of benzene rings is 1. The Labute approximate surface area is 120 Å². The molecule has 1 rings (SSSR count). The fraction of sp³-hybridized carbons (Fsp3) is 0.571. The smallest absolute Gasteiger partial charge is 0.0424 e. The molecule has 0 aliphatic rings. The van der Waals surface area contributed by atoms with E-state index in [1.807, 2.05) is 12.1 Å². The van der Waals surface area contributed by atoms with Crippen LogP contribution in [0.3, 0.4) is 0 Å². The van der Waals surface area contributed by atoms with Crippen LogP contribution in [-0.4, -0.2) is 18.1 Å². The highest BCUT2D eigenvalue weighted by molar-refractivity contribution is 6.34. The van der Waals surface area contributed by atoms with Gasteiger partial charge < -0.3 is 10.6 Å². The van der Waals surface area contributed by atoms with E-state index in [0.29, 0.717) is 16.1 Å². The molecule has 0 aliphatic carbocycles. The third-order valence-electron chi connectivity index (χ3n) is 2.52. The zero-order chi connectivity index (χ0) is 13.8. The summed E-state index contributed by atoms with van der Waals surface area (Å²) in [6, 6.07) is 6.01. The molecule has 18 heavy (non-hydrogen) atoms. The lowest BCUT2D eigenvalue weighted by atomic mass is 10.1. The first-order valence-electron chi connectivity index (χ1n) is 6.19. The van der Waals surface area contributed by atoms with Gasteiger partial charge in [0, 0.05) is 34.7 Å². The summed E-state index contributed by atoms with van der Waals surface area (Å²) in [4.78, 5) is 0. The number of nitrogens with one attached hydrogen (secondary N) is 2. The van der Waals surface area contributed by atoms with Gasteiger partial charge >= 0.3 is 0 Å². The van der Waals surface area contributed by atoms with Gasteiger partial charge in [-0.15, -0.1) is 0 Å². The summed E-state index contributed by atoms with van der Waals surface area (Å²) in [5.74, 6) is 0. The van der Waals surface area contributed by atoms with Crippen molar-refractivity contribution in [1.29, 1.82) is 0 Å². The molecular weight excluding hydrogens is 267 g/mol. The standard InChI is InChI=1S/C14H22Cl2N2/c1-10(8-18-14(2,3)4)17-9-11-5-12(15)7-13(16)6-11/h5-7,10,17-18H,8-9H2,1-4H3. The Morgan fingerprint density at radius 3 is 2.17 bits per heavy atom. The Kier molecular flexibility index (Phi) is 5.93. The summed E-state index contributed by atoms with van der Waals surface area (Å²) in [6.07, 6.45) is 0. The largest absolute Gasteiger partial charge is 0.311 e. The van der Waals surface area contributed by atoms with Gasteiger partial charge in [-0.1, -0.05) is 23.2 Å². The minimum atomic E-state index is 0.148. The Balaban J connectivity index is 2.40. The van der Waals surface area contributed by atoms with E-state index >= 15 is 0 Å². The van der Waals surface area contributed by atoms with Crippen molar-refractivity contribution in [2.24, 2.45) is 0 Å². The van der Waals surface area contributed by atoms with E-state index in [0.717, 1.165) is 18.7 Å². The van der Waals surface area contributed by atoms with Crippen LogP contribution < -0.4 is 10.6 Å². The second kappa shape index (κ2) is 6.76. The summed E-state index contributed by atoms with van der Waals surface area (Å²) >= 11 is 11.9. The summed E-state index contributed by atoms with van der Waals surface area (Å²) < 4.78 is 0. The van der Waals surface area contributed by atoms with Crippen LogP contribution >= 0.6 is 23.2 Å². The molecule has 0 saturated carbocycles. The Morgan fingerprint density at radius 2 is 1.67 bits per heavy atom. The molecule has 4 heteroatoms. The second-order valence-electron chi connectivity index (χ2n) is 5.69. The maximum Gasteiger partial charge on any atom is 0.0424 e. The molecule has 0 aliphatic heterocycles. The van der Waals surface area contributed by atoms with Crippen LogP contribution in [0.5, 0.6) is 0 Å². The molecule has 0 saturated heterocycles. The molecule has 0 heterocycles. The summed E-state index contributed by atoms with van der Waals surface area (Å²) in [7, 11) is 0. The van der Waals surface area contributed by atoms with Crippen LogP contribution in [-0.2, 0) is 6.54 Å². The molecule has 2 N–H and O–H groups in total. The topological polar surface area (TPSA) is 24.1 Å². The van der Waals surface area contributed by atoms with Crippen LogP contribution in [0.1, 0.15) is 33.3 Å². The van der Waals surface area contributed by atoms with E-state index in [1.54, 1.807) is 6.07 Å². The van der Waals surface area contributed by atoms with Crippen molar-refractivity contribution >= 4 is 23.2 Å². The predicted molar refractivity (Wildman–Crippen MR) is 80.5 cm³/mol. The molecule has 0 bridgehead atoms. The lowest BCUT2D eigenvalue weighted by Crippen LogP contribution is -2.44. The molecule has 1 atom stereocenters. The van der Waals surface area contributed by atoms with Crippen LogP contribution in [0.2, 0.25) is 10.0 Å². The normalized spacial score (nSPS) is 13.7. The van der Waals surface area contributed by atoms with Crippen molar-refractivity contribution in [3.63, 3.8) is 0 Å². The number of hydrogen-bond acceptors (Lipinski definition) is 2. The fourth-order valence-electron chi connectivity index (χ4n) is 1.54. The van der Waals surface area contributed by atoms with E-state index in [2.05, 4.69) is 38.3 Å². The molecule has 0 aromatic heterocycles. The van der Waals surface area contributed by atoms with Crippen LogP contribution in [0, 0.1) is 0 Å². The highest BCUT2D eigenvalue weighted by Gasteiger charge is 2.10. The van der Waals surface area contributed by atoms with E-state index in [4.69, 9.17) is 23.2 Å². The zero-order valence-corrected chi connectivity index (χ0v) is 13.0. The molecule has 1 unspecified atom stereocenters. The first kappa shape index (κ1) is 15.8. The van der Waals surface area contributed by atoms with E-state index in [9.17, 15) is 0 Å². The van der Waals surface area contributed by atoms with Crippen molar-refractivity contribution in [2.75, 3.05) is 6.54 Å².